The Labute approximate surface area is 456 Å². The molecule has 80 heavy (non-hydrogen) atoms. The molecule has 3 unspecified atom stereocenters. The highest BCUT2D eigenvalue weighted by Crippen LogP contribution is 2.41. The SMILES string of the molecule is CC(C)(C)C(c1cc(-c2cc(F)ccc2F)cn1Cc1ccccc1)N(CCC(NC(=O)C(CC(N)=O)NC(=O)CNC(=O)CNC(=O)Cc1ccncc1)C(=O)NCCNC(=O)CN1C(=O)C=CC1=O)C(=O)CO.CC(F)(F)F. The Morgan fingerprint density at radius 1 is 0.725 bits per heavy atom. The first kappa shape index (κ1) is 63.7. The van der Waals surface area contributed by atoms with E-state index in [0.29, 0.717) is 16.2 Å². The van der Waals surface area contributed by atoms with Crippen LogP contribution in [0.15, 0.2) is 97.5 Å². The van der Waals surface area contributed by atoms with Crippen LogP contribution in [0.4, 0.5) is 22.0 Å². The average Bonchev–Trinajstić information content (AvgIpc) is 3.93. The Morgan fingerprint density at radius 3 is 1.95 bits per heavy atom. The molecule has 0 radical (unpaired) electrons. The quantitative estimate of drug-likeness (QED) is 0.0250. The van der Waals surface area contributed by atoms with E-state index in [9.17, 15) is 70.6 Å². The van der Waals surface area contributed by atoms with Gasteiger partial charge < -0.3 is 52.2 Å². The number of nitrogens with two attached hydrogens (primary N) is 1. The van der Waals surface area contributed by atoms with Crippen LogP contribution >= 0.6 is 0 Å². The van der Waals surface area contributed by atoms with Crippen LogP contribution < -0.4 is 37.6 Å². The van der Waals surface area contributed by atoms with E-state index >= 15 is 4.39 Å². The summed E-state index contributed by atoms with van der Waals surface area (Å²) in [5.74, 6) is -9.65. The third-order valence-corrected chi connectivity index (χ3v) is 11.5. The van der Waals surface area contributed by atoms with Crippen molar-refractivity contribution in [1.82, 2.24) is 51.3 Å². The van der Waals surface area contributed by atoms with Crippen molar-refractivity contribution in [2.75, 3.05) is 45.9 Å². The normalized spacial score (nSPS) is 13.2. The minimum Gasteiger partial charge on any atom is -0.387 e. The van der Waals surface area contributed by atoms with Gasteiger partial charge in [0.25, 0.3) is 11.8 Å². The van der Waals surface area contributed by atoms with Crippen LogP contribution in [0.25, 0.3) is 11.1 Å². The van der Waals surface area contributed by atoms with E-state index in [1.54, 1.807) is 49.7 Å². The highest BCUT2D eigenvalue weighted by Gasteiger charge is 2.38. The van der Waals surface area contributed by atoms with Gasteiger partial charge in [0.1, 0.15) is 36.9 Å². The number of imide groups is 1. The topological polar surface area (TPSA) is 313 Å². The summed E-state index contributed by atoms with van der Waals surface area (Å²) in [4.78, 5) is 135. The third-order valence-electron chi connectivity index (χ3n) is 11.5. The molecule has 5 rings (SSSR count). The summed E-state index contributed by atoms with van der Waals surface area (Å²) in [6, 6.07) is 12.7. The number of primary amides is 1. The van der Waals surface area contributed by atoms with Crippen LogP contribution in [0.1, 0.15) is 63.4 Å². The molecule has 22 nitrogen and oxygen atoms in total. The number of nitrogens with one attached hydrogen (secondary N) is 6. The van der Waals surface area contributed by atoms with Crippen molar-refractivity contribution in [1.29, 1.82) is 0 Å². The summed E-state index contributed by atoms with van der Waals surface area (Å²) in [5.41, 5.74) is 6.62. The fraction of sp³-hybridized carbons (Fsp3) is 0.377. The van der Waals surface area contributed by atoms with E-state index in [0.717, 1.165) is 35.9 Å². The maximum atomic E-state index is 15.4. The van der Waals surface area contributed by atoms with Crippen LogP contribution in [0.3, 0.4) is 0 Å². The number of benzene rings is 2. The molecule has 10 amide bonds. The van der Waals surface area contributed by atoms with Crippen molar-refractivity contribution in [2.45, 2.75) is 77.8 Å². The molecule has 430 valence electrons. The van der Waals surface area contributed by atoms with Crippen molar-refractivity contribution in [3.63, 3.8) is 0 Å². The first-order chi connectivity index (χ1) is 37.6. The molecule has 0 spiro atoms. The summed E-state index contributed by atoms with van der Waals surface area (Å²) in [7, 11) is 0. The van der Waals surface area contributed by atoms with Gasteiger partial charge in [0.05, 0.1) is 32.0 Å². The van der Waals surface area contributed by atoms with E-state index in [1.807, 2.05) is 30.3 Å². The highest BCUT2D eigenvalue weighted by molar-refractivity contribution is 6.14. The van der Waals surface area contributed by atoms with Gasteiger partial charge >= 0.3 is 6.18 Å². The number of pyridine rings is 1. The fourth-order valence-corrected chi connectivity index (χ4v) is 8.03. The van der Waals surface area contributed by atoms with Gasteiger partial charge in [0.2, 0.25) is 47.3 Å². The van der Waals surface area contributed by atoms with Crippen LogP contribution in [0.5, 0.6) is 0 Å². The number of carbonyl (C=O) groups is 10. The Balaban J connectivity index is 0.00000263. The van der Waals surface area contributed by atoms with Crippen molar-refractivity contribution in [2.24, 2.45) is 11.1 Å². The molecule has 4 aromatic rings. The smallest absolute Gasteiger partial charge is 0.386 e. The summed E-state index contributed by atoms with van der Waals surface area (Å²) in [6.45, 7) is 2.03. The fourth-order valence-electron chi connectivity index (χ4n) is 8.03. The minimum atomic E-state index is -4.00. The van der Waals surface area contributed by atoms with Crippen LogP contribution in [-0.2, 0) is 60.9 Å². The lowest BCUT2D eigenvalue weighted by atomic mass is 9.82. The second kappa shape index (κ2) is 29.7. The van der Waals surface area contributed by atoms with E-state index in [2.05, 4.69) is 36.9 Å². The number of carbonyl (C=O) groups excluding carboxylic acids is 10. The molecule has 0 fully saturated rings. The van der Waals surface area contributed by atoms with Gasteiger partial charge in [-0.15, -0.1) is 0 Å². The predicted molar refractivity (Wildman–Crippen MR) is 276 cm³/mol. The number of aromatic nitrogens is 2. The molecule has 1 aliphatic heterocycles. The van der Waals surface area contributed by atoms with Crippen molar-refractivity contribution >= 4 is 59.1 Å². The molecule has 0 aliphatic carbocycles. The lowest BCUT2D eigenvalue weighted by Crippen LogP contribution is -2.57. The van der Waals surface area contributed by atoms with Gasteiger partial charge in [-0.3, -0.25) is 57.8 Å². The number of hydrogen-bond acceptors (Lipinski definition) is 12. The maximum Gasteiger partial charge on any atom is 0.386 e. The lowest BCUT2D eigenvalue weighted by molar-refractivity contribution is -0.141. The van der Waals surface area contributed by atoms with E-state index < -0.39 is 140 Å². The monoisotopic (exact) mass is 1120 g/mol. The van der Waals surface area contributed by atoms with Crippen LogP contribution in [0.2, 0.25) is 0 Å². The average molecular weight is 1120 g/mol. The molecule has 0 saturated carbocycles. The lowest BCUT2D eigenvalue weighted by Gasteiger charge is -2.41. The molecule has 3 heterocycles. The molecular formula is C53H62F5N11O11. The van der Waals surface area contributed by atoms with Crippen LogP contribution in [-0.4, -0.2) is 148 Å². The van der Waals surface area contributed by atoms with Crippen molar-refractivity contribution in [3.8, 4) is 11.1 Å². The van der Waals surface area contributed by atoms with Crippen molar-refractivity contribution in [3.05, 3.63) is 126 Å². The molecule has 2 aromatic heterocycles. The number of aliphatic hydroxyl groups excluding tert-OH is 1. The van der Waals surface area contributed by atoms with Gasteiger partial charge in [-0.1, -0.05) is 51.1 Å². The second-order valence-corrected chi connectivity index (χ2v) is 19.1. The number of hydrogen-bond donors (Lipinski definition) is 8. The molecule has 1 aliphatic rings. The Kier molecular flexibility index (Phi) is 23.7. The first-order valence-corrected chi connectivity index (χ1v) is 24.7. The predicted octanol–water partition coefficient (Wildman–Crippen LogP) is 1.22. The van der Waals surface area contributed by atoms with E-state index in [4.69, 9.17) is 5.73 Å². The summed E-state index contributed by atoms with van der Waals surface area (Å²) >= 11 is 0. The second-order valence-electron chi connectivity index (χ2n) is 19.1. The van der Waals surface area contributed by atoms with Gasteiger partial charge in [-0.05, 0) is 59.4 Å². The highest BCUT2D eigenvalue weighted by atomic mass is 19.4. The van der Waals surface area contributed by atoms with Gasteiger partial charge in [0, 0.05) is 80.7 Å². The molecule has 0 bridgehead atoms. The number of rotatable bonds is 26. The Morgan fingerprint density at radius 2 is 1.34 bits per heavy atom. The van der Waals surface area contributed by atoms with Crippen molar-refractivity contribution < 1.29 is 75.0 Å². The number of amides is 10. The zero-order valence-electron chi connectivity index (χ0n) is 44.0. The van der Waals surface area contributed by atoms with E-state index in [1.165, 1.54) is 17.3 Å². The standard InChI is InChI=1S/C51H59F2N11O11.C2H3F3/c1-51(2,3)48(39-22-33(35-23-34(52)9-10-36(35)53)28-62(39)27-32-7-5-4-6-8-32)63(47(73)30-65)20-15-37(49(74)57-19-18-56-44(70)29-64-45(71)11-12-46(64)72)61-50(75)38(24-40(54)66)60-43(69)26-59-42(68)25-58-41(67)21-31-13-16-55-17-14-31;1-2(3,4)5/h4-14,16-17,22-23,28,37-38,48,65H,15,18-21,24-27,29-30H2,1-3H3,(H2,54,66)(H,56,70)(H,57,74)(H,58,67)(H,59,68)(H,60,69)(H,61,75);1H3. The zero-order valence-corrected chi connectivity index (χ0v) is 44.0. The number of alkyl halides is 3. The molecule has 9 N–H and O–H groups in total. The Hall–Kier alpha value is -8.88. The van der Waals surface area contributed by atoms with Gasteiger partial charge in [-0.2, -0.15) is 13.2 Å². The van der Waals surface area contributed by atoms with Gasteiger partial charge in [-0.25, -0.2) is 8.78 Å². The van der Waals surface area contributed by atoms with Gasteiger partial charge in [0.15, 0.2) is 0 Å². The molecule has 0 saturated heterocycles. The molecular weight excluding hydrogens is 1060 g/mol. The number of nitrogens with zero attached hydrogens (tertiary/aromatic N) is 4. The first-order valence-electron chi connectivity index (χ1n) is 24.7. The minimum absolute atomic E-state index is 0.0455. The molecule has 2 aromatic carbocycles. The zero-order chi connectivity index (χ0) is 59.3. The summed E-state index contributed by atoms with van der Waals surface area (Å²) < 4.78 is 62.8. The maximum absolute atomic E-state index is 15.4. The number of aliphatic hydroxyl groups is 1. The molecule has 3 atom stereocenters. The third kappa shape index (κ3) is 21.2. The van der Waals surface area contributed by atoms with Crippen LogP contribution in [0, 0.1) is 17.0 Å². The number of halogens is 5. The Bertz CT molecular complexity index is 2870. The van der Waals surface area contributed by atoms with E-state index in [-0.39, 0.29) is 50.7 Å². The summed E-state index contributed by atoms with van der Waals surface area (Å²) in [6.07, 6.45) is 1.37. The molecule has 27 heteroatoms. The summed E-state index contributed by atoms with van der Waals surface area (Å²) in [5, 5.41) is 24.9. The largest absolute Gasteiger partial charge is 0.387 e.